The number of hydrogen-bond donors (Lipinski definition) is 2. The lowest BCUT2D eigenvalue weighted by molar-refractivity contribution is 0.102. The highest BCUT2D eigenvalue weighted by Gasteiger charge is 2.07. The Morgan fingerprint density at radius 3 is 2.76 bits per heavy atom. The first-order chi connectivity index (χ1) is 8.15. The predicted molar refractivity (Wildman–Crippen MR) is 65.3 cm³/mol. The summed E-state index contributed by atoms with van der Waals surface area (Å²) in [5, 5.41) is 12.2. The van der Waals surface area contributed by atoms with E-state index in [9.17, 15) is 4.79 Å². The first-order valence-electron chi connectivity index (χ1n) is 4.87. The van der Waals surface area contributed by atoms with Crippen molar-refractivity contribution in [2.45, 2.75) is 0 Å². The molecule has 0 radical (unpaired) electrons. The molecule has 4 nitrogen and oxygen atoms in total. The molecule has 1 aromatic heterocycles. The van der Waals surface area contributed by atoms with Gasteiger partial charge >= 0.3 is 0 Å². The molecule has 5 heteroatoms. The number of nitrogens with zero attached hydrogens (tertiary/aromatic N) is 1. The molecule has 2 rings (SSSR count). The third-order valence-electron chi connectivity index (χ3n) is 2.06. The summed E-state index contributed by atoms with van der Waals surface area (Å²) in [6.07, 6.45) is 1.22. The molecular weight excluding hydrogens is 240 g/mol. The van der Waals surface area contributed by atoms with E-state index in [1.165, 1.54) is 18.3 Å². The molecule has 0 fully saturated rings. The van der Waals surface area contributed by atoms with E-state index in [0.717, 1.165) is 0 Å². The van der Waals surface area contributed by atoms with Gasteiger partial charge in [0.1, 0.15) is 11.4 Å². The van der Waals surface area contributed by atoms with Crippen LogP contribution in [0, 0.1) is 0 Å². The zero-order valence-corrected chi connectivity index (χ0v) is 9.48. The van der Waals surface area contributed by atoms with Crippen molar-refractivity contribution < 1.29 is 9.90 Å². The van der Waals surface area contributed by atoms with Gasteiger partial charge in [-0.1, -0.05) is 17.7 Å². The summed E-state index contributed by atoms with van der Waals surface area (Å²) in [6, 6.07) is 9.66. The molecule has 0 spiro atoms. The van der Waals surface area contributed by atoms with Crippen LogP contribution in [-0.2, 0) is 0 Å². The number of aromatic hydroxyl groups is 1. The Hall–Kier alpha value is -2.07. The molecule has 1 heterocycles. The van der Waals surface area contributed by atoms with Crippen molar-refractivity contribution in [3.05, 3.63) is 53.3 Å². The second-order valence-corrected chi connectivity index (χ2v) is 3.80. The molecule has 0 bridgehead atoms. The van der Waals surface area contributed by atoms with Crippen molar-refractivity contribution >= 4 is 23.2 Å². The third kappa shape index (κ3) is 2.95. The van der Waals surface area contributed by atoms with E-state index < -0.39 is 0 Å². The maximum atomic E-state index is 11.7. The van der Waals surface area contributed by atoms with Crippen LogP contribution in [0.15, 0.2) is 42.6 Å². The molecule has 1 amide bonds. The van der Waals surface area contributed by atoms with E-state index in [4.69, 9.17) is 16.7 Å². The van der Waals surface area contributed by atoms with Crippen LogP contribution in [0.4, 0.5) is 5.69 Å². The molecule has 0 saturated carbocycles. The highest BCUT2D eigenvalue weighted by Crippen LogP contribution is 2.15. The maximum Gasteiger partial charge on any atom is 0.274 e. The van der Waals surface area contributed by atoms with E-state index in [-0.39, 0.29) is 17.4 Å². The Bertz CT molecular complexity index is 540. The molecule has 0 aliphatic heterocycles. The van der Waals surface area contributed by atoms with Gasteiger partial charge in [0.05, 0.1) is 6.20 Å². The third-order valence-corrected chi connectivity index (χ3v) is 2.30. The predicted octanol–water partition coefficient (Wildman–Crippen LogP) is 2.69. The van der Waals surface area contributed by atoms with Crippen LogP contribution in [0.1, 0.15) is 10.5 Å². The number of carbonyl (C=O) groups excluding carboxylic acids is 1. The monoisotopic (exact) mass is 248 g/mol. The van der Waals surface area contributed by atoms with Gasteiger partial charge in [0.25, 0.3) is 5.91 Å². The number of pyridine rings is 1. The van der Waals surface area contributed by atoms with Crippen LogP contribution in [0.3, 0.4) is 0 Å². The van der Waals surface area contributed by atoms with E-state index in [0.29, 0.717) is 10.7 Å². The first kappa shape index (κ1) is 11.4. The summed E-state index contributed by atoms with van der Waals surface area (Å²) >= 11 is 5.80. The van der Waals surface area contributed by atoms with E-state index in [2.05, 4.69) is 10.3 Å². The fourth-order valence-corrected chi connectivity index (χ4v) is 1.47. The van der Waals surface area contributed by atoms with Crippen LogP contribution in [-0.4, -0.2) is 16.0 Å². The lowest BCUT2D eigenvalue weighted by Crippen LogP contribution is -2.13. The summed E-state index contributed by atoms with van der Waals surface area (Å²) in [4.78, 5) is 15.5. The van der Waals surface area contributed by atoms with Gasteiger partial charge in [-0.15, -0.1) is 0 Å². The number of amides is 1. The first-order valence-corrected chi connectivity index (χ1v) is 5.25. The highest BCUT2D eigenvalue weighted by molar-refractivity contribution is 6.30. The SMILES string of the molecule is O=C(Nc1cccc(Cl)c1)c1ccc(O)cn1. The number of aromatic nitrogens is 1. The number of carbonyl (C=O) groups is 1. The summed E-state index contributed by atoms with van der Waals surface area (Å²) in [5.41, 5.74) is 0.820. The quantitative estimate of drug-likeness (QED) is 0.859. The smallest absolute Gasteiger partial charge is 0.274 e. The Morgan fingerprint density at radius 2 is 2.12 bits per heavy atom. The van der Waals surface area contributed by atoms with Crippen LogP contribution in [0.2, 0.25) is 5.02 Å². The van der Waals surface area contributed by atoms with Crippen molar-refractivity contribution in [2.75, 3.05) is 5.32 Å². The van der Waals surface area contributed by atoms with Crippen molar-refractivity contribution in [3.63, 3.8) is 0 Å². The van der Waals surface area contributed by atoms with Gasteiger partial charge in [-0.3, -0.25) is 4.79 Å². The Morgan fingerprint density at radius 1 is 1.29 bits per heavy atom. The zero-order chi connectivity index (χ0) is 12.3. The number of benzene rings is 1. The van der Waals surface area contributed by atoms with Crippen molar-refractivity contribution in [3.8, 4) is 5.75 Å². The molecule has 0 aliphatic carbocycles. The fourth-order valence-electron chi connectivity index (χ4n) is 1.28. The largest absolute Gasteiger partial charge is 0.506 e. The van der Waals surface area contributed by atoms with Crippen molar-refractivity contribution in [2.24, 2.45) is 0 Å². The number of nitrogens with one attached hydrogen (secondary N) is 1. The average molecular weight is 249 g/mol. The molecule has 2 aromatic rings. The lowest BCUT2D eigenvalue weighted by Gasteiger charge is -2.04. The molecule has 0 unspecified atom stereocenters. The van der Waals surface area contributed by atoms with Crippen molar-refractivity contribution in [1.29, 1.82) is 0 Å². The topological polar surface area (TPSA) is 62.2 Å². The van der Waals surface area contributed by atoms with Gasteiger partial charge in [0.15, 0.2) is 0 Å². The van der Waals surface area contributed by atoms with Crippen molar-refractivity contribution in [1.82, 2.24) is 4.98 Å². The van der Waals surface area contributed by atoms with E-state index >= 15 is 0 Å². The normalized spacial score (nSPS) is 9.94. The fraction of sp³-hybridized carbons (Fsp3) is 0. The maximum absolute atomic E-state index is 11.7. The standard InChI is InChI=1S/C12H9ClN2O2/c13-8-2-1-3-9(6-8)15-12(17)11-5-4-10(16)7-14-11/h1-7,16H,(H,15,17). The van der Waals surface area contributed by atoms with Gasteiger partial charge < -0.3 is 10.4 Å². The minimum atomic E-state index is -0.354. The van der Waals surface area contributed by atoms with Crippen LogP contribution < -0.4 is 5.32 Å². The highest BCUT2D eigenvalue weighted by atomic mass is 35.5. The van der Waals surface area contributed by atoms with E-state index in [1.54, 1.807) is 24.3 Å². The van der Waals surface area contributed by atoms with Gasteiger partial charge in [-0.2, -0.15) is 0 Å². The summed E-state index contributed by atoms with van der Waals surface area (Å²) in [6.45, 7) is 0. The zero-order valence-electron chi connectivity index (χ0n) is 8.72. The number of hydrogen-bond acceptors (Lipinski definition) is 3. The Labute approximate surface area is 103 Å². The summed E-state index contributed by atoms with van der Waals surface area (Å²) in [5.74, 6) is -0.337. The second-order valence-electron chi connectivity index (χ2n) is 3.37. The molecule has 17 heavy (non-hydrogen) atoms. The molecule has 86 valence electrons. The molecule has 2 N–H and O–H groups in total. The summed E-state index contributed by atoms with van der Waals surface area (Å²) in [7, 11) is 0. The molecule has 0 atom stereocenters. The van der Waals surface area contributed by atoms with Crippen LogP contribution in [0.5, 0.6) is 5.75 Å². The number of rotatable bonds is 2. The van der Waals surface area contributed by atoms with E-state index in [1.807, 2.05) is 0 Å². The molecule has 0 saturated heterocycles. The summed E-state index contributed by atoms with van der Waals surface area (Å²) < 4.78 is 0. The average Bonchev–Trinajstić information content (AvgIpc) is 2.29. The number of anilines is 1. The van der Waals surface area contributed by atoms with Gasteiger partial charge in [-0.05, 0) is 30.3 Å². The van der Waals surface area contributed by atoms with Gasteiger partial charge in [0, 0.05) is 10.7 Å². The lowest BCUT2D eigenvalue weighted by atomic mass is 10.3. The molecular formula is C12H9ClN2O2. The molecule has 1 aromatic carbocycles. The van der Waals surface area contributed by atoms with Crippen LogP contribution in [0.25, 0.3) is 0 Å². The Kier molecular flexibility index (Phi) is 3.25. The molecule has 0 aliphatic rings. The van der Waals surface area contributed by atoms with Gasteiger partial charge in [-0.25, -0.2) is 4.98 Å². The Balaban J connectivity index is 2.14. The minimum absolute atomic E-state index is 0.0179. The second kappa shape index (κ2) is 4.84. The van der Waals surface area contributed by atoms with Crippen LogP contribution >= 0.6 is 11.6 Å². The minimum Gasteiger partial charge on any atom is -0.506 e. The van der Waals surface area contributed by atoms with Gasteiger partial charge in [0.2, 0.25) is 0 Å². The number of halogens is 1.